The van der Waals surface area contributed by atoms with E-state index in [4.69, 9.17) is 5.11 Å². The molecule has 18 heavy (non-hydrogen) atoms. The summed E-state index contributed by atoms with van der Waals surface area (Å²) in [5, 5.41) is 8.87. The summed E-state index contributed by atoms with van der Waals surface area (Å²) in [4.78, 5) is 2.07. The fourth-order valence-electron chi connectivity index (χ4n) is 2.35. The molecule has 0 spiro atoms. The van der Waals surface area contributed by atoms with Crippen LogP contribution in [0.1, 0.15) is 18.4 Å². The Morgan fingerprint density at radius 3 is 2.44 bits per heavy atom. The Bertz CT molecular complexity index is 388. The molecule has 0 aliphatic carbocycles. The molecule has 1 atom stereocenters. The number of halogens is 3. The minimum atomic E-state index is -4.27. The number of nitrogens with zero attached hydrogens (tertiary/aromatic N) is 1. The Kier molecular flexibility index (Phi) is 3.80. The van der Waals surface area contributed by atoms with Gasteiger partial charge in [0.05, 0.1) is 5.56 Å². The molecule has 2 rings (SSSR count). The highest BCUT2D eigenvalue weighted by Crippen LogP contribution is 2.32. The average molecular weight is 259 g/mol. The van der Waals surface area contributed by atoms with Crippen molar-refractivity contribution in [3.8, 4) is 0 Å². The summed E-state index contributed by atoms with van der Waals surface area (Å²) in [7, 11) is 0. The number of rotatable bonds is 3. The van der Waals surface area contributed by atoms with Crippen molar-refractivity contribution in [1.82, 2.24) is 0 Å². The molecule has 1 aliphatic heterocycles. The lowest BCUT2D eigenvalue weighted by Crippen LogP contribution is -2.20. The van der Waals surface area contributed by atoms with Crippen LogP contribution < -0.4 is 4.90 Å². The first-order valence-corrected chi connectivity index (χ1v) is 6.04. The van der Waals surface area contributed by atoms with E-state index in [1.165, 1.54) is 12.1 Å². The molecule has 1 unspecified atom stereocenters. The van der Waals surface area contributed by atoms with E-state index in [2.05, 4.69) is 4.90 Å². The van der Waals surface area contributed by atoms with Gasteiger partial charge in [0.2, 0.25) is 0 Å². The van der Waals surface area contributed by atoms with E-state index in [-0.39, 0.29) is 6.61 Å². The van der Waals surface area contributed by atoms with E-state index in [1.807, 2.05) is 0 Å². The van der Waals surface area contributed by atoms with Crippen LogP contribution in [0, 0.1) is 5.92 Å². The van der Waals surface area contributed by atoms with Gasteiger partial charge >= 0.3 is 6.18 Å². The zero-order valence-electron chi connectivity index (χ0n) is 9.95. The standard InChI is InChI=1S/C13H16F3NO/c14-13(15,16)11-1-3-12(4-2-11)17-7-5-10(9-17)6-8-18/h1-4,10,18H,5-9H2. The van der Waals surface area contributed by atoms with Crippen molar-refractivity contribution in [2.24, 2.45) is 5.92 Å². The first kappa shape index (κ1) is 13.2. The van der Waals surface area contributed by atoms with Crippen LogP contribution in [0.25, 0.3) is 0 Å². The van der Waals surface area contributed by atoms with Crippen LogP contribution in [-0.2, 0) is 6.18 Å². The normalized spacial score (nSPS) is 20.4. The molecule has 0 aromatic heterocycles. The van der Waals surface area contributed by atoms with Gasteiger partial charge in [-0.05, 0) is 43.0 Å². The lowest BCUT2D eigenvalue weighted by molar-refractivity contribution is -0.137. The van der Waals surface area contributed by atoms with Crippen molar-refractivity contribution >= 4 is 5.69 Å². The maximum absolute atomic E-state index is 12.4. The third kappa shape index (κ3) is 2.96. The first-order chi connectivity index (χ1) is 8.50. The summed E-state index contributed by atoms with van der Waals surface area (Å²) < 4.78 is 37.3. The molecule has 1 aromatic rings. The highest BCUT2D eigenvalue weighted by molar-refractivity contribution is 5.48. The van der Waals surface area contributed by atoms with Gasteiger partial charge in [-0.3, -0.25) is 0 Å². The Hall–Kier alpha value is -1.23. The second-order valence-corrected chi connectivity index (χ2v) is 4.66. The van der Waals surface area contributed by atoms with Crippen LogP contribution in [-0.4, -0.2) is 24.8 Å². The number of hydrogen-bond donors (Lipinski definition) is 1. The molecule has 1 aromatic carbocycles. The van der Waals surface area contributed by atoms with Crippen molar-refractivity contribution in [2.45, 2.75) is 19.0 Å². The zero-order valence-corrected chi connectivity index (χ0v) is 9.95. The van der Waals surface area contributed by atoms with Gasteiger partial charge in [0, 0.05) is 25.4 Å². The minimum absolute atomic E-state index is 0.172. The number of alkyl halides is 3. The number of anilines is 1. The first-order valence-electron chi connectivity index (χ1n) is 6.04. The van der Waals surface area contributed by atoms with Crippen LogP contribution in [0.2, 0.25) is 0 Å². The van der Waals surface area contributed by atoms with Gasteiger partial charge in [0.1, 0.15) is 0 Å². The van der Waals surface area contributed by atoms with Crippen LogP contribution in [0.3, 0.4) is 0 Å². The van der Waals surface area contributed by atoms with Gasteiger partial charge in [-0.25, -0.2) is 0 Å². The van der Waals surface area contributed by atoms with E-state index in [0.29, 0.717) is 5.92 Å². The summed E-state index contributed by atoms with van der Waals surface area (Å²) in [6.07, 6.45) is -2.53. The van der Waals surface area contributed by atoms with Gasteiger partial charge in [-0.2, -0.15) is 13.2 Å². The molecule has 0 saturated carbocycles. The lowest BCUT2D eigenvalue weighted by Gasteiger charge is -2.19. The molecule has 1 N–H and O–H groups in total. The molecular weight excluding hydrogens is 243 g/mol. The summed E-state index contributed by atoms with van der Waals surface area (Å²) >= 11 is 0. The molecule has 5 heteroatoms. The molecule has 0 radical (unpaired) electrons. The highest BCUT2D eigenvalue weighted by atomic mass is 19.4. The van der Waals surface area contributed by atoms with E-state index in [1.54, 1.807) is 0 Å². The number of aliphatic hydroxyl groups is 1. The number of benzene rings is 1. The zero-order chi connectivity index (χ0) is 13.2. The quantitative estimate of drug-likeness (QED) is 0.902. The lowest BCUT2D eigenvalue weighted by atomic mass is 10.1. The second kappa shape index (κ2) is 5.18. The van der Waals surface area contributed by atoms with Crippen molar-refractivity contribution < 1.29 is 18.3 Å². The van der Waals surface area contributed by atoms with Crippen LogP contribution in [0.5, 0.6) is 0 Å². The molecule has 100 valence electrons. The van der Waals surface area contributed by atoms with Crippen LogP contribution in [0.4, 0.5) is 18.9 Å². The van der Waals surface area contributed by atoms with E-state index in [9.17, 15) is 13.2 Å². The SMILES string of the molecule is OCCC1CCN(c2ccc(C(F)(F)F)cc2)C1. The van der Waals surface area contributed by atoms with E-state index in [0.717, 1.165) is 43.8 Å². The molecule has 1 aliphatic rings. The molecule has 2 nitrogen and oxygen atoms in total. The van der Waals surface area contributed by atoms with Crippen LogP contribution in [0.15, 0.2) is 24.3 Å². The fourth-order valence-corrected chi connectivity index (χ4v) is 2.35. The largest absolute Gasteiger partial charge is 0.416 e. The Morgan fingerprint density at radius 2 is 1.89 bits per heavy atom. The molecule has 0 bridgehead atoms. The van der Waals surface area contributed by atoms with Gasteiger partial charge in [-0.1, -0.05) is 0 Å². The number of aliphatic hydroxyl groups excluding tert-OH is 1. The maximum Gasteiger partial charge on any atom is 0.416 e. The van der Waals surface area contributed by atoms with Crippen molar-refractivity contribution in [3.05, 3.63) is 29.8 Å². The molecule has 1 heterocycles. The molecule has 0 amide bonds. The van der Waals surface area contributed by atoms with Crippen LogP contribution >= 0.6 is 0 Å². The van der Waals surface area contributed by atoms with Crippen molar-refractivity contribution in [2.75, 3.05) is 24.6 Å². The predicted molar refractivity (Wildman–Crippen MR) is 63.5 cm³/mol. The maximum atomic E-state index is 12.4. The van der Waals surface area contributed by atoms with E-state index < -0.39 is 11.7 Å². The van der Waals surface area contributed by atoms with Crippen molar-refractivity contribution in [3.63, 3.8) is 0 Å². The minimum Gasteiger partial charge on any atom is -0.396 e. The van der Waals surface area contributed by atoms with E-state index >= 15 is 0 Å². The second-order valence-electron chi connectivity index (χ2n) is 4.66. The fraction of sp³-hybridized carbons (Fsp3) is 0.538. The summed E-state index contributed by atoms with van der Waals surface area (Å²) in [5.74, 6) is 0.442. The Labute approximate surface area is 104 Å². The highest BCUT2D eigenvalue weighted by Gasteiger charge is 2.30. The molecule has 1 saturated heterocycles. The monoisotopic (exact) mass is 259 g/mol. The molecule has 1 fully saturated rings. The van der Waals surface area contributed by atoms with Gasteiger partial charge in [0.25, 0.3) is 0 Å². The topological polar surface area (TPSA) is 23.5 Å². The third-order valence-electron chi connectivity index (χ3n) is 3.38. The number of hydrogen-bond acceptors (Lipinski definition) is 2. The third-order valence-corrected chi connectivity index (χ3v) is 3.38. The summed E-state index contributed by atoms with van der Waals surface area (Å²) in [6, 6.07) is 5.28. The Balaban J connectivity index is 2.03. The summed E-state index contributed by atoms with van der Waals surface area (Å²) in [6.45, 7) is 1.83. The summed E-state index contributed by atoms with van der Waals surface area (Å²) in [5.41, 5.74) is 0.209. The molecular formula is C13H16F3NO. The Morgan fingerprint density at radius 1 is 1.22 bits per heavy atom. The smallest absolute Gasteiger partial charge is 0.396 e. The van der Waals surface area contributed by atoms with Gasteiger partial charge in [0.15, 0.2) is 0 Å². The van der Waals surface area contributed by atoms with Gasteiger partial charge in [-0.15, -0.1) is 0 Å². The average Bonchev–Trinajstić information content (AvgIpc) is 2.77. The van der Waals surface area contributed by atoms with Gasteiger partial charge < -0.3 is 10.0 Å². The van der Waals surface area contributed by atoms with Crippen molar-refractivity contribution in [1.29, 1.82) is 0 Å². The predicted octanol–water partition coefficient (Wildman–Crippen LogP) is 2.91.